The summed E-state index contributed by atoms with van der Waals surface area (Å²) in [6.07, 6.45) is 0. The van der Waals surface area contributed by atoms with E-state index in [4.69, 9.17) is 27.9 Å². The molecule has 1 aromatic carbocycles. The molecule has 0 spiro atoms. The van der Waals surface area contributed by atoms with Gasteiger partial charge >= 0.3 is 12.0 Å². The van der Waals surface area contributed by atoms with Gasteiger partial charge in [0.25, 0.3) is 0 Å². The van der Waals surface area contributed by atoms with Crippen LogP contribution < -0.4 is 5.32 Å². The van der Waals surface area contributed by atoms with Gasteiger partial charge in [0.15, 0.2) is 0 Å². The molecular formula is C14H18Cl2N2O3. The Hall–Kier alpha value is -1.46. The van der Waals surface area contributed by atoms with Gasteiger partial charge in [0.1, 0.15) is 6.54 Å². The average molecular weight is 333 g/mol. The number of carbonyl (C=O) groups excluding carboxylic acids is 2. The number of carbonyl (C=O) groups is 2. The lowest BCUT2D eigenvalue weighted by Gasteiger charge is -2.26. The molecule has 1 rings (SSSR count). The van der Waals surface area contributed by atoms with Gasteiger partial charge in [-0.15, -0.1) is 0 Å². The second-order valence-electron chi connectivity index (χ2n) is 4.58. The van der Waals surface area contributed by atoms with E-state index in [0.717, 1.165) is 0 Å². The normalized spacial score (nSPS) is 10.4. The number of benzene rings is 1. The third kappa shape index (κ3) is 5.44. The SMILES string of the molecule is CCOC(=O)CN(C(=O)Nc1cc(Cl)ccc1Cl)C(C)C. The fraction of sp³-hybridized carbons (Fsp3) is 0.429. The predicted molar refractivity (Wildman–Crippen MR) is 84.0 cm³/mol. The van der Waals surface area contributed by atoms with Gasteiger partial charge in [-0.1, -0.05) is 23.2 Å². The summed E-state index contributed by atoms with van der Waals surface area (Å²) in [7, 11) is 0. The molecule has 116 valence electrons. The molecule has 0 bridgehead atoms. The quantitative estimate of drug-likeness (QED) is 0.834. The molecule has 7 heteroatoms. The lowest BCUT2D eigenvalue weighted by atomic mass is 10.3. The smallest absolute Gasteiger partial charge is 0.325 e. The zero-order valence-electron chi connectivity index (χ0n) is 12.2. The van der Waals surface area contributed by atoms with Crippen LogP contribution in [0.5, 0.6) is 0 Å². The van der Waals surface area contributed by atoms with Crippen molar-refractivity contribution in [3.05, 3.63) is 28.2 Å². The van der Waals surface area contributed by atoms with Crippen molar-refractivity contribution in [3.8, 4) is 0 Å². The van der Waals surface area contributed by atoms with E-state index in [1.165, 1.54) is 4.90 Å². The van der Waals surface area contributed by atoms with Gasteiger partial charge in [0.05, 0.1) is 17.3 Å². The molecule has 0 unspecified atom stereocenters. The van der Waals surface area contributed by atoms with Crippen molar-refractivity contribution in [1.82, 2.24) is 4.90 Å². The minimum atomic E-state index is -0.460. The molecule has 1 aromatic rings. The van der Waals surface area contributed by atoms with Crippen LogP contribution >= 0.6 is 23.2 Å². The Morgan fingerprint density at radius 3 is 2.57 bits per heavy atom. The number of anilines is 1. The maximum absolute atomic E-state index is 12.3. The first-order valence-corrected chi connectivity index (χ1v) is 7.29. The predicted octanol–water partition coefficient (Wildman–Crippen LogP) is 3.80. The number of amides is 2. The zero-order chi connectivity index (χ0) is 16.0. The lowest BCUT2D eigenvalue weighted by molar-refractivity contribution is -0.144. The van der Waals surface area contributed by atoms with Crippen LogP contribution in [0.1, 0.15) is 20.8 Å². The highest BCUT2D eigenvalue weighted by Crippen LogP contribution is 2.25. The fourth-order valence-corrected chi connectivity index (χ4v) is 1.95. The molecule has 0 radical (unpaired) electrons. The van der Waals surface area contributed by atoms with Crippen LogP contribution in [0.4, 0.5) is 10.5 Å². The molecular weight excluding hydrogens is 315 g/mol. The third-order valence-corrected chi connectivity index (χ3v) is 3.22. The van der Waals surface area contributed by atoms with E-state index in [2.05, 4.69) is 5.32 Å². The summed E-state index contributed by atoms with van der Waals surface area (Å²) in [6.45, 7) is 5.46. The van der Waals surface area contributed by atoms with Crippen molar-refractivity contribution in [1.29, 1.82) is 0 Å². The topological polar surface area (TPSA) is 58.6 Å². The summed E-state index contributed by atoms with van der Waals surface area (Å²) in [5, 5.41) is 3.47. The summed E-state index contributed by atoms with van der Waals surface area (Å²) >= 11 is 11.9. The summed E-state index contributed by atoms with van der Waals surface area (Å²) < 4.78 is 4.86. The van der Waals surface area contributed by atoms with E-state index in [1.807, 2.05) is 0 Å². The Morgan fingerprint density at radius 1 is 1.33 bits per heavy atom. The van der Waals surface area contributed by atoms with Crippen molar-refractivity contribution in [2.24, 2.45) is 0 Å². The standard InChI is InChI=1S/C14H18Cl2N2O3/c1-4-21-13(19)8-18(9(2)3)14(20)17-12-7-10(15)5-6-11(12)16/h5-7,9H,4,8H2,1-3H3,(H,17,20). The van der Waals surface area contributed by atoms with Crippen LogP contribution in [0, 0.1) is 0 Å². The van der Waals surface area contributed by atoms with Crippen LogP contribution in [-0.4, -0.2) is 36.1 Å². The van der Waals surface area contributed by atoms with Crippen molar-refractivity contribution in [2.45, 2.75) is 26.8 Å². The Kier molecular flexibility index (Phi) is 6.78. The van der Waals surface area contributed by atoms with Crippen molar-refractivity contribution < 1.29 is 14.3 Å². The van der Waals surface area contributed by atoms with Gasteiger partial charge in [-0.3, -0.25) is 4.79 Å². The maximum atomic E-state index is 12.3. The monoisotopic (exact) mass is 332 g/mol. The Balaban J connectivity index is 2.82. The molecule has 0 fully saturated rings. The van der Waals surface area contributed by atoms with Crippen LogP contribution in [0.3, 0.4) is 0 Å². The minimum absolute atomic E-state index is 0.129. The Labute approximate surface area is 134 Å². The first-order valence-electron chi connectivity index (χ1n) is 6.53. The summed E-state index contributed by atoms with van der Waals surface area (Å²) in [6, 6.07) is 4.14. The number of urea groups is 1. The van der Waals surface area contributed by atoms with Crippen LogP contribution in [-0.2, 0) is 9.53 Å². The fourth-order valence-electron chi connectivity index (χ4n) is 1.61. The number of halogens is 2. The molecule has 0 aromatic heterocycles. The lowest BCUT2D eigenvalue weighted by Crippen LogP contribution is -2.43. The van der Waals surface area contributed by atoms with Crippen molar-refractivity contribution >= 4 is 40.9 Å². The summed E-state index contributed by atoms with van der Waals surface area (Å²) in [5.74, 6) is -0.460. The van der Waals surface area contributed by atoms with E-state index in [1.54, 1.807) is 39.0 Å². The number of esters is 1. The molecule has 0 aliphatic heterocycles. The Bertz CT molecular complexity index is 521. The van der Waals surface area contributed by atoms with Gasteiger partial charge in [-0.05, 0) is 39.0 Å². The van der Waals surface area contributed by atoms with Crippen LogP contribution in [0.25, 0.3) is 0 Å². The first kappa shape index (κ1) is 17.6. The second-order valence-corrected chi connectivity index (χ2v) is 5.42. The average Bonchev–Trinajstić information content (AvgIpc) is 2.40. The van der Waals surface area contributed by atoms with Crippen LogP contribution in [0.15, 0.2) is 18.2 Å². The molecule has 0 atom stereocenters. The largest absolute Gasteiger partial charge is 0.465 e. The van der Waals surface area contributed by atoms with E-state index in [9.17, 15) is 9.59 Å². The molecule has 5 nitrogen and oxygen atoms in total. The third-order valence-electron chi connectivity index (χ3n) is 2.66. The van der Waals surface area contributed by atoms with E-state index in [0.29, 0.717) is 15.7 Å². The highest BCUT2D eigenvalue weighted by molar-refractivity contribution is 6.35. The van der Waals surface area contributed by atoms with E-state index < -0.39 is 12.0 Å². The van der Waals surface area contributed by atoms with Crippen molar-refractivity contribution in [2.75, 3.05) is 18.5 Å². The second kappa shape index (κ2) is 8.10. The molecule has 0 saturated carbocycles. The van der Waals surface area contributed by atoms with Crippen LogP contribution in [0.2, 0.25) is 10.0 Å². The number of hydrogen-bond acceptors (Lipinski definition) is 3. The maximum Gasteiger partial charge on any atom is 0.325 e. The summed E-state index contributed by atoms with van der Waals surface area (Å²) in [4.78, 5) is 25.2. The van der Waals surface area contributed by atoms with Gasteiger partial charge < -0.3 is 15.0 Å². The molecule has 21 heavy (non-hydrogen) atoms. The van der Waals surface area contributed by atoms with E-state index in [-0.39, 0.29) is 19.2 Å². The highest BCUT2D eigenvalue weighted by Gasteiger charge is 2.21. The number of hydrogen-bond donors (Lipinski definition) is 1. The van der Waals surface area contributed by atoms with Gasteiger partial charge in [-0.25, -0.2) is 4.79 Å². The summed E-state index contributed by atoms with van der Waals surface area (Å²) in [5.41, 5.74) is 0.392. The zero-order valence-corrected chi connectivity index (χ0v) is 13.7. The number of ether oxygens (including phenoxy) is 1. The van der Waals surface area contributed by atoms with Gasteiger partial charge in [0, 0.05) is 11.1 Å². The number of rotatable bonds is 5. The molecule has 0 heterocycles. The molecule has 0 saturated heterocycles. The Morgan fingerprint density at radius 2 is 2.00 bits per heavy atom. The van der Waals surface area contributed by atoms with Gasteiger partial charge in [0.2, 0.25) is 0 Å². The molecule has 0 aliphatic rings. The first-order chi connectivity index (χ1) is 9.85. The van der Waals surface area contributed by atoms with Crippen molar-refractivity contribution in [3.63, 3.8) is 0 Å². The minimum Gasteiger partial charge on any atom is -0.465 e. The van der Waals surface area contributed by atoms with Gasteiger partial charge in [-0.2, -0.15) is 0 Å². The molecule has 1 N–H and O–H groups in total. The van der Waals surface area contributed by atoms with E-state index >= 15 is 0 Å². The molecule has 2 amide bonds. The number of nitrogens with zero attached hydrogens (tertiary/aromatic N) is 1. The number of nitrogens with one attached hydrogen (secondary N) is 1. The molecule has 0 aliphatic carbocycles. The highest BCUT2D eigenvalue weighted by atomic mass is 35.5.